The first-order valence-corrected chi connectivity index (χ1v) is 7.23. The summed E-state index contributed by atoms with van der Waals surface area (Å²) in [7, 11) is 4.50. The van der Waals surface area contributed by atoms with Crippen molar-refractivity contribution in [1.82, 2.24) is 10.2 Å². The zero-order valence-electron chi connectivity index (χ0n) is 10.9. The van der Waals surface area contributed by atoms with E-state index >= 15 is 0 Å². The maximum absolute atomic E-state index is 10.8. The highest BCUT2D eigenvalue weighted by Crippen LogP contribution is 2.41. The third-order valence-electron chi connectivity index (χ3n) is 2.46. The number of hydrogen-bond acceptors (Lipinski definition) is 8. The van der Waals surface area contributed by atoms with E-state index in [4.69, 9.17) is 14.2 Å². The molecule has 0 saturated heterocycles. The first-order chi connectivity index (χ1) is 9.60. The molecule has 0 bridgehead atoms. The Kier molecular flexibility index (Phi) is 4.53. The molecule has 0 N–H and O–H groups in total. The minimum atomic E-state index is -2.39. The van der Waals surface area contributed by atoms with Gasteiger partial charge in [0.1, 0.15) is 5.01 Å². The summed E-state index contributed by atoms with van der Waals surface area (Å²) < 4.78 is 37.2. The van der Waals surface area contributed by atoms with Crippen LogP contribution in [0, 0.1) is 0 Å². The Morgan fingerprint density at radius 2 is 1.70 bits per heavy atom. The largest absolute Gasteiger partial charge is 0.767 e. The summed E-state index contributed by atoms with van der Waals surface area (Å²) in [5.41, 5.74) is 0.633. The van der Waals surface area contributed by atoms with Crippen molar-refractivity contribution in [2.24, 2.45) is 0 Å². The molecule has 2 rings (SSSR count). The van der Waals surface area contributed by atoms with Crippen LogP contribution in [0.2, 0.25) is 0 Å². The van der Waals surface area contributed by atoms with Gasteiger partial charge in [-0.15, -0.1) is 10.2 Å². The van der Waals surface area contributed by atoms with Gasteiger partial charge in [0.05, 0.1) is 21.3 Å². The van der Waals surface area contributed by atoms with Crippen molar-refractivity contribution < 1.29 is 23.0 Å². The number of methoxy groups -OCH3 is 3. The van der Waals surface area contributed by atoms with Crippen molar-refractivity contribution in [3.63, 3.8) is 0 Å². The lowest BCUT2D eigenvalue weighted by Gasteiger charge is -2.13. The van der Waals surface area contributed by atoms with Gasteiger partial charge in [-0.05, 0) is 12.1 Å². The third kappa shape index (κ3) is 2.74. The first kappa shape index (κ1) is 14.7. The van der Waals surface area contributed by atoms with Gasteiger partial charge < -0.3 is 18.8 Å². The van der Waals surface area contributed by atoms with Crippen molar-refractivity contribution in [2.45, 2.75) is 4.34 Å². The van der Waals surface area contributed by atoms with Crippen molar-refractivity contribution in [3.05, 3.63) is 12.1 Å². The molecule has 7 nitrogen and oxygen atoms in total. The predicted octanol–water partition coefficient (Wildman–Crippen LogP) is 1.47. The highest BCUT2D eigenvalue weighted by atomic mass is 32.2. The molecule has 0 aliphatic heterocycles. The fraction of sp³-hybridized carbons (Fsp3) is 0.273. The summed E-state index contributed by atoms with van der Waals surface area (Å²) >= 11 is -1.44. The van der Waals surface area contributed by atoms with E-state index in [-0.39, 0.29) is 4.34 Å². The smallest absolute Gasteiger partial charge is 0.203 e. The Bertz CT molecular complexity index is 618. The third-order valence-corrected chi connectivity index (χ3v) is 4.25. The summed E-state index contributed by atoms with van der Waals surface area (Å²) in [5.74, 6) is 1.37. The zero-order chi connectivity index (χ0) is 14.7. The molecule has 0 radical (unpaired) electrons. The standard InChI is InChI=1S/C11H12N2O5S2/c1-16-7-4-6(5-8(17-2)9(7)18-3)10-12-13-11(19-10)20(14)15/h4-5H,1-3H3,(H,14,15)/p-1. The lowest BCUT2D eigenvalue weighted by molar-refractivity contribution is 0.324. The van der Waals surface area contributed by atoms with E-state index in [1.165, 1.54) is 21.3 Å². The maximum Gasteiger partial charge on any atom is 0.203 e. The molecule has 0 saturated carbocycles. The molecular weight excluding hydrogens is 304 g/mol. The average molecular weight is 315 g/mol. The number of nitrogens with zero attached hydrogens (tertiary/aromatic N) is 2. The van der Waals surface area contributed by atoms with Crippen LogP contribution in [0.3, 0.4) is 0 Å². The molecule has 1 heterocycles. The molecule has 1 unspecified atom stereocenters. The molecule has 0 fully saturated rings. The van der Waals surface area contributed by atoms with E-state index in [0.29, 0.717) is 27.8 Å². The van der Waals surface area contributed by atoms with Crippen LogP contribution in [-0.2, 0) is 11.1 Å². The molecule has 0 spiro atoms. The van der Waals surface area contributed by atoms with Gasteiger partial charge in [0.25, 0.3) is 0 Å². The van der Waals surface area contributed by atoms with Gasteiger partial charge in [-0.1, -0.05) is 11.3 Å². The summed E-state index contributed by atoms with van der Waals surface area (Å²) in [6, 6.07) is 3.36. The van der Waals surface area contributed by atoms with Gasteiger partial charge in [0, 0.05) is 16.6 Å². The topological polar surface area (TPSA) is 93.6 Å². The van der Waals surface area contributed by atoms with E-state index in [1.54, 1.807) is 12.1 Å². The minimum Gasteiger partial charge on any atom is -0.767 e. The Hall–Kier alpha value is -1.71. The summed E-state index contributed by atoms with van der Waals surface area (Å²) in [6.07, 6.45) is 0. The fourth-order valence-corrected chi connectivity index (χ4v) is 2.78. The van der Waals surface area contributed by atoms with Crippen molar-refractivity contribution in [3.8, 4) is 27.8 Å². The zero-order valence-corrected chi connectivity index (χ0v) is 12.5. The second-order valence-corrected chi connectivity index (χ2v) is 5.61. The molecule has 2 aromatic rings. The minimum absolute atomic E-state index is 0.0752. The van der Waals surface area contributed by atoms with Gasteiger partial charge in [-0.25, -0.2) is 0 Å². The highest BCUT2D eigenvalue weighted by molar-refractivity contribution is 7.81. The van der Waals surface area contributed by atoms with Crippen LogP contribution in [0.4, 0.5) is 0 Å². The molecule has 108 valence electrons. The second-order valence-electron chi connectivity index (χ2n) is 3.52. The highest BCUT2D eigenvalue weighted by Gasteiger charge is 2.16. The van der Waals surface area contributed by atoms with Crippen LogP contribution in [0.25, 0.3) is 10.6 Å². The van der Waals surface area contributed by atoms with Crippen molar-refractivity contribution in [1.29, 1.82) is 0 Å². The molecule has 1 aromatic heterocycles. The number of hydrogen-bond donors (Lipinski definition) is 0. The molecule has 0 amide bonds. The molecule has 0 aliphatic rings. The monoisotopic (exact) mass is 315 g/mol. The predicted molar refractivity (Wildman–Crippen MR) is 72.2 cm³/mol. The molecule has 9 heteroatoms. The Morgan fingerprint density at radius 3 is 2.10 bits per heavy atom. The van der Waals surface area contributed by atoms with Crippen molar-refractivity contribution >= 4 is 22.4 Å². The molecule has 1 aromatic carbocycles. The Morgan fingerprint density at radius 1 is 1.10 bits per heavy atom. The Labute approximate surface area is 121 Å². The summed E-state index contributed by atoms with van der Waals surface area (Å²) in [4.78, 5) is 0. The number of rotatable bonds is 5. The summed E-state index contributed by atoms with van der Waals surface area (Å²) in [5, 5.41) is 7.87. The SMILES string of the molecule is COc1cc(-c2nnc(S(=O)[O-])s2)cc(OC)c1OC. The van der Waals surface area contributed by atoms with Crippen molar-refractivity contribution in [2.75, 3.05) is 21.3 Å². The molecular formula is C11H11N2O5S2-. The average Bonchev–Trinajstić information content (AvgIpc) is 2.95. The van der Waals surface area contributed by atoms with E-state index in [0.717, 1.165) is 11.3 Å². The number of benzene rings is 1. The van der Waals surface area contributed by atoms with E-state index in [2.05, 4.69) is 10.2 Å². The Balaban J connectivity index is 2.53. The number of ether oxygens (including phenoxy) is 3. The van der Waals surface area contributed by atoms with Crippen LogP contribution in [0.5, 0.6) is 17.2 Å². The van der Waals surface area contributed by atoms with Gasteiger partial charge in [0.2, 0.25) is 5.75 Å². The summed E-state index contributed by atoms with van der Waals surface area (Å²) in [6.45, 7) is 0. The van der Waals surface area contributed by atoms with E-state index < -0.39 is 11.1 Å². The first-order valence-electron chi connectivity index (χ1n) is 5.33. The van der Waals surface area contributed by atoms with Crippen LogP contribution in [-0.4, -0.2) is 40.3 Å². The fourth-order valence-electron chi connectivity index (χ4n) is 1.60. The second kappa shape index (κ2) is 6.16. The van der Waals surface area contributed by atoms with Crippen LogP contribution >= 0.6 is 11.3 Å². The molecule has 1 atom stereocenters. The molecule has 0 aliphatic carbocycles. The quantitative estimate of drug-likeness (QED) is 0.771. The van der Waals surface area contributed by atoms with E-state index in [9.17, 15) is 8.76 Å². The van der Waals surface area contributed by atoms with Gasteiger partial charge in [-0.2, -0.15) is 0 Å². The van der Waals surface area contributed by atoms with Crippen LogP contribution < -0.4 is 14.2 Å². The van der Waals surface area contributed by atoms with Crippen LogP contribution in [0.1, 0.15) is 0 Å². The van der Waals surface area contributed by atoms with E-state index in [1.807, 2.05) is 0 Å². The van der Waals surface area contributed by atoms with Gasteiger partial charge >= 0.3 is 0 Å². The molecule has 20 heavy (non-hydrogen) atoms. The van der Waals surface area contributed by atoms with Gasteiger partial charge in [-0.3, -0.25) is 4.21 Å². The van der Waals surface area contributed by atoms with Crippen LogP contribution in [0.15, 0.2) is 16.5 Å². The maximum atomic E-state index is 10.8. The van der Waals surface area contributed by atoms with Gasteiger partial charge in [0.15, 0.2) is 15.8 Å². The number of aromatic nitrogens is 2. The normalized spacial score (nSPS) is 12.0. The lowest BCUT2D eigenvalue weighted by atomic mass is 10.2. The lowest BCUT2D eigenvalue weighted by Crippen LogP contribution is -1.95.